The van der Waals surface area contributed by atoms with Crippen molar-refractivity contribution < 1.29 is 9.21 Å². The minimum absolute atomic E-state index is 0.237. The molecule has 1 heterocycles. The Morgan fingerprint density at radius 3 is 2.58 bits per heavy atom. The number of hydrogen-bond acceptors (Lipinski definition) is 4. The van der Waals surface area contributed by atoms with Gasteiger partial charge in [0.1, 0.15) is 5.76 Å². The Hall–Kier alpha value is -3.86. The predicted molar refractivity (Wildman–Crippen MR) is 125 cm³/mol. The van der Waals surface area contributed by atoms with E-state index in [4.69, 9.17) is 4.42 Å². The lowest BCUT2D eigenvalue weighted by Crippen LogP contribution is -2.14. The molecular formula is C26H23N3O2. The quantitative estimate of drug-likeness (QED) is 0.398. The first kappa shape index (κ1) is 19.1. The van der Waals surface area contributed by atoms with E-state index in [-0.39, 0.29) is 5.91 Å². The molecule has 5 nitrogen and oxygen atoms in total. The van der Waals surface area contributed by atoms with Gasteiger partial charge < -0.3 is 9.73 Å². The second-order valence-corrected chi connectivity index (χ2v) is 7.73. The van der Waals surface area contributed by atoms with Gasteiger partial charge in [0.2, 0.25) is 0 Å². The number of carbonyl (C=O) groups excluding carboxylic acids is 1. The number of amides is 1. The summed E-state index contributed by atoms with van der Waals surface area (Å²) < 4.78 is 6.04. The van der Waals surface area contributed by atoms with E-state index < -0.39 is 0 Å². The van der Waals surface area contributed by atoms with Crippen molar-refractivity contribution in [1.29, 1.82) is 0 Å². The molecular weight excluding hydrogens is 386 g/mol. The number of nitrogens with one attached hydrogen (secondary N) is 2. The van der Waals surface area contributed by atoms with Gasteiger partial charge in [-0.05, 0) is 43.4 Å². The second-order valence-electron chi connectivity index (χ2n) is 7.73. The smallest absolute Gasteiger partial charge is 0.291 e. The molecule has 4 aromatic rings. The summed E-state index contributed by atoms with van der Waals surface area (Å²) in [5.41, 5.74) is 7.55. The van der Waals surface area contributed by atoms with Crippen LogP contribution in [0.2, 0.25) is 0 Å². The van der Waals surface area contributed by atoms with Gasteiger partial charge in [-0.1, -0.05) is 54.6 Å². The molecule has 2 N–H and O–H groups in total. The van der Waals surface area contributed by atoms with Crippen LogP contribution >= 0.6 is 0 Å². The van der Waals surface area contributed by atoms with Gasteiger partial charge in [0, 0.05) is 28.6 Å². The molecule has 0 unspecified atom stereocenters. The number of hydrazone groups is 1. The number of aryl methyl sites for hydroxylation is 1. The van der Waals surface area contributed by atoms with Crippen LogP contribution in [-0.4, -0.2) is 11.6 Å². The number of anilines is 2. The van der Waals surface area contributed by atoms with Crippen molar-refractivity contribution in [3.05, 3.63) is 95.4 Å². The molecule has 0 atom stereocenters. The van der Waals surface area contributed by atoms with E-state index in [0.29, 0.717) is 5.76 Å². The molecule has 1 aliphatic carbocycles. The number of nitrogens with zero attached hydrogens (tertiary/aromatic N) is 1. The first-order chi connectivity index (χ1) is 15.2. The zero-order chi connectivity index (χ0) is 21.2. The first-order valence-corrected chi connectivity index (χ1v) is 10.5. The number of para-hydroxylation sites is 1. The van der Waals surface area contributed by atoms with Crippen molar-refractivity contribution >= 4 is 33.8 Å². The van der Waals surface area contributed by atoms with E-state index in [9.17, 15) is 4.79 Å². The molecule has 1 amide bonds. The zero-order valence-corrected chi connectivity index (χ0v) is 17.3. The van der Waals surface area contributed by atoms with Gasteiger partial charge in [0.25, 0.3) is 5.91 Å². The molecule has 1 aliphatic rings. The molecule has 0 aliphatic heterocycles. The van der Waals surface area contributed by atoms with Crippen molar-refractivity contribution in [1.82, 2.24) is 0 Å². The number of rotatable bonds is 4. The Morgan fingerprint density at radius 2 is 1.71 bits per heavy atom. The third kappa shape index (κ3) is 3.70. The lowest BCUT2D eigenvalue weighted by atomic mass is 9.93. The van der Waals surface area contributed by atoms with Gasteiger partial charge in [0.05, 0.1) is 11.4 Å². The molecule has 31 heavy (non-hydrogen) atoms. The minimum atomic E-state index is -0.237. The fraction of sp³-hybridized carbons (Fsp3) is 0.154. The van der Waals surface area contributed by atoms with E-state index in [1.807, 2.05) is 79.7 Å². The fourth-order valence-electron chi connectivity index (χ4n) is 4.15. The molecule has 5 heteroatoms. The van der Waals surface area contributed by atoms with Gasteiger partial charge in [-0.2, -0.15) is 5.10 Å². The predicted octanol–water partition coefficient (Wildman–Crippen LogP) is 6.15. The monoisotopic (exact) mass is 409 g/mol. The van der Waals surface area contributed by atoms with Gasteiger partial charge in [-0.15, -0.1) is 0 Å². The van der Waals surface area contributed by atoms with Crippen LogP contribution in [0.25, 0.3) is 10.8 Å². The van der Waals surface area contributed by atoms with Crippen LogP contribution in [0.15, 0.2) is 82.3 Å². The molecule has 0 bridgehead atoms. The third-order valence-electron chi connectivity index (χ3n) is 5.66. The Balaban J connectivity index is 1.45. The van der Waals surface area contributed by atoms with Crippen molar-refractivity contribution in [2.45, 2.75) is 26.2 Å². The molecule has 154 valence electrons. The largest absolute Gasteiger partial charge is 0.455 e. The van der Waals surface area contributed by atoms with Gasteiger partial charge in [-0.25, -0.2) is 0 Å². The Morgan fingerprint density at radius 1 is 0.935 bits per heavy atom. The van der Waals surface area contributed by atoms with Crippen LogP contribution in [-0.2, 0) is 6.42 Å². The maximum Gasteiger partial charge on any atom is 0.291 e. The average molecular weight is 409 g/mol. The number of benzene rings is 3. The molecule has 0 radical (unpaired) electrons. The lowest BCUT2D eigenvalue weighted by molar-refractivity contribution is 0.0994. The van der Waals surface area contributed by atoms with Crippen molar-refractivity contribution in [2.75, 3.05) is 10.7 Å². The summed E-state index contributed by atoms with van der Waals surface area (Å²) in [6, 6.07) is 23.7. The number of hydrogen-bond donors (Lipinski definition) is 2. The summed E-state index contributed by atoms with van der Waals surface area (Å²) in [5.74, 6) is 0.950. The second kappa shape index (κ2) is 8.11. The van der Waals surface area contributed by atoms with Gasteiger partial charge in [-0.3, -0.25) is 10.2 Å². The van der Waals surface area contributed by atoms with Crippen LogP contribution in [0.4, 0.5) is 11.4 Å². The molecule has 0 saturated heterocycles. The average Bonchev–Trinajstić information content (AvgIpc) is 3.16. The van der Waals surface area contributed by atoms with E-state index in [1.165, 1.54) is 0 Å². The van der Waals surface area contributed by atoms with Crippen LogP contribution in [0.1, 0.15) is 40.3 Å². The lowest BCUT2D eigenvalue weighted by Gasteiger charge is -2.13. The summed E-state index contributed by atoms with van der Waals surface area (Å²) in [6.45, 7) is 1.93. The SMILES string of the molecule is Cc1c(C(=O)Nc2cccc3ccccc23)oc2c1/C(=N/Nc1ccccc1)CCC2. The minimum Gasteiger partial charge on any atom is -0.455 e. The van der Waals surface area contributed by atoms with Crippen LogP contribution in [0.3, 0.4) is 0 Å². The highest BCUT2D eigenvalue weighted by Gasteiger charge is 2.28. The fourth-order valence-corrected chi connectivity index (χ4v) is 4.15. The highest BCUT2D eigenvalue weighted by Crippen LogP contribution is 2.31. The van der Waals surface area contributed by atoms with Crippen LogP contribution in [0, 0.1) is 6.92 Å². The van der Waals surface area contributed by atoms with Crippen molar-refractivity contribution in [3.63, 3.8) is 0 Å². The zero-order valence-electron chi connectivity index (χ0n) is 17.3. The van der Waals surface area contributed by atoms with Crippen molar-refractivity contribution in [3.8, 4) is 0 Å². The van der Waals surface area contributed by atoms with E-state index in [0.717, 1.165) is 64.0 Å². The maximum absolute atomic E-state index is 13.1. The van der Waals surface area contributed by atoms with Gasteiger partial charge >= 0.3 is 0 Å². The van der Waals surface area contributed by atoms with E-state index >= 15 is 0 Å². The maximum atomic E-state index is 13.1. The molecule has 1 aromatic heterocycles. The summed E-state index contributed by atoms with van der Waals surface area (Å²) in [6.07, 6.45) is 2.60. The number of carbonyl (C=O) groups is 1. The summed E-state index contributed by atoms with van der Waals surface area (Å²) in [4.78, 5) is 13.1. The molecule has 0 saturated carbocycles. The number of fused-ring (bicyclic) bond motifs is 2. The normalized spacial score (nSPS) is 14.4. The summed E-state index contributed by atoms with van der Waals surface area (Å²) >= 11 is 0. The molecule has 5 rings (SSSR count). The highest BCUT2D eigenvalue weighted by molar-refractivity contribution is 6.11. The Kier molecular flexibility index (Phi) is 5.00. The number of furan rings is 1. The summed E-state index contributed by atoms with van der Waals surface area (Å²) in [7, 11) is 0. The topological polar surface area (TPSA) is 66.6 Å². The standard InChI is InChI=1S/C26H23N3O2/c1-17-24-22(29-28-19-11-3-2-4-12-19)15-8-16-23(24)31-25(17)26(30)27-21-14-7-10-18-9-5-6-13-20(18)21/h2-7,9-14,28H,8,15-16H2,1H3,(H,27,30)/b29-22+. The molecule has 3 aromatic carbocycles. The van der Waals surface area contributed by atoms with Crippen LogP contribution < -0.4 is 10.7 Å². The van der Waals surface area contributed by atoms with Crippen molar-refractivity contribution in [2.24, 2.45) is 5.10 Å². The molecule has 0 fully saturated rings. The van der Waals surface area contributed by atoms with E-state index in [1.54, 1.807) is 0 Å². The Labute approximate surface area is 180 Å². The summed E-state index contributed by atoms with van der Waals surface area (Å²) in [5, 5.41) is 9.75. The molecule has 0 spiro atoms. The third-order valence-corrected chi connectivity index (χ3v) is 5.66. The van der Waals surface area contributed by atoms with Crippen LogP contribution in [0.5, 0.6) is 0 Å². The highest BCUT2D eigenvalue weighted by atomic mass is 16.4. The Bertz CT molecular complexity index is 1280. The first-order valence-electron chi connectivity index (χ1n) is 10.5. The van der Waals surface area contributed by atoms with E-state index in [2.05, 4.69) is 15.8 Å². The van der Waals surface area contributed by atoms with Gasteiger partial charge in [0.15, 0.2) is 5.76 Å².